The molecule has 38 valence electrons. The van der Waals surface area contributed by atoms with Gasteiger partial charge in [0.05, 0.1) is 0 Å². The third kappa shape index (κ3) is 3.88. The fraction of sp³-hybridized carbons (Fsp3) is 1.00. The Morgan fingerprint density at radius 1 is 2.00 bits per heavy atom. The van der Waals surface area contributed by atoms with Crippen molar-refractivity contribution in [2.45, 2.75) is 13.2 Å². The minimum absolute atomic E-state index is 0.414. The fourth-order valence-corrected chi connectivity index (χ4v) is 0.107. The Morgan fingerprint density at radius 3 is 2.50 bits per heavy atom. The Morgan fingerprint density at radius 2 is 2.50 bits per heavy atom. The van der Waals surface area contributed by atoms with E-state index in [1.807, 2.05) is 0 Å². The van der Waals surface area contributed by atoms with E-state index in [1.165, 1.54) is 0 Å². The molecule has 0 aromatic rings. The van der Waals surface area contributed by atoms with E-state index in [2.05, 4.69) is 4.74 Å². The maximum absolute atomic E-state index is 9.44. The molecule has 3 heteroatoms. The van der Waals surface area contributed by atoms with Crippen LogP contribution in [0, 0.1) is 0 Å². The Balaban J connectivity index is 2.63. The summed E-state index contributed by atoms with van der Waals surface area (Å²) in [5.74, 6) is 0. The molecule has 0 amide bonds. The molecule has 0 unspecified atom stereocenters. The van der Waals surface area contributed by atoms with E-state index in [1.54, 1.807) is 6.92 Å². The topological polar surface area (TPSA) is 58.3 Å². The second-order valence-corrected chi connectivity index (χ2v) is 0.990. The van der Waals surface area contributed by atoms with Crippen molar-refractivity contribution in [2.75, 3.05) is 6.79 Å². The molecule has 2 N–H and O–H groups in total. The molecular weight excluding hydrogens is 82.0 g/mol. The van der Waals surface area contributed by atoms with E-state index in [-0.39, 0.29) is 0 Å². The van der Waals surface area contributed by atoms with Crippen molar-refractivity contribution in [2.24, 2.45) is 5.73 Å². The molecular formula is C3H8NO2-. The van der Waals surface area contributed by atoms with Crippen molar-refractivity contribution >= 4 is 0 Å². The molecule has 1 atom stereocenters. The van der Waals surface area contributed by atoms with Crippen molar-refractivity contribution in [3.05, 3.63) is 0 Å². The van der Waals surface area contributed by atoms with Gasteiger partial charge in [0.25, 0.3) is 0 Å². The second kappa shape index (κ2) is 3.08. The van der Waals surface area contributed by atoms with Crippen LogP contribution in [0.1, 0.15) is 6.92 Å². The van der Waals surface area contributed by atoms with Crippen molar-refractivity contribution in [3.63, 3.8) is 0 Å². The van der Waals surface area contributed by atoms with Crippen LogP contribution in [0.15, 0.2) is 0 Å². The Hall–Kier alpha value is -0.120. The average molecular weight is 90.1 g/mol. The van der Waals surface area contributed by atoms with Crippen LogP contribution in [0.2, 0.25) is 0 Å². The maximum Gasteiger partial charge on any atom is 0.100 e. The smallest absolute Gasteiger partial charge is 0.100 e. The lowest BCUT2D eigenvalue weighted by molar-refractivity contribution is -0.436. The zero-order chi connectivity index (χ0) is 4.99. The molecule has 0 aromatic heterocycles. The lowest BCUT2D eigenvalue weighted by Gasteiger charge is -2.07. The Bertz CT molecular complexity index is 30.0. The molecule has 0 saturated heterocycles. The summed E-state index contributed by atoms with van der Waals surface area (Å²) in [6.45, 7) is 1.07. The van der Waals surface area contributed by atoms with Gasteiger partial charge in [-0.2, -0.15) is 0 Å². The van der Waals surface area contributed by atoms with E-state index >= 15 is 0 Å². The third-order valence-electron chi connectivity index (χ3n) is 0.331. The van der Waals surface area contributed by atoms with Gasteiger partial charge < -0.3 is 15.6 Å². The van der Waals surface area contributed by atoms with Crippen molar-refractivity contribution < 1.29 is 9.84 Å². The average Bonchev–Trinajstić information content (AvgIpc) is 1.35. The molecule has 0 aliphatic heterocycles. The Labute approximate surface area is 36.7 Å². The van der Waals surface area contributed by atoms with Crippen LogP contribution in [-0.2, 0) is 4.74 Å². The lowest BCUT2D eigenvalue weighted by atomic mass is 10.7. The number of rotatable bonds is 2. The van der Waals surface area contributed by atoms with Crippen LogP contribution in [0.4, 0.5) is 0 Å². The van der Waals surface area contributed by atoms with Gasteiger partial charge in [0.1, 0.15) is 6.23 Å². The first-order valence-electron chi connectivity index (χ1n) is 1.72. The van der Waals surface area contributed by atoms with E-state index in [0.29, 0.717) is 0 Å². The maximum atomic E-state index is 9.44. The molecule has 0 heterocycles. The summed E-state index contributed by atoms with van der Waals surface area (Å²) in [7, 11) is 0. The standard InChI is InChI=1S/C3H8NO2/c1-3(4)6-2-5/h3H,2,4H2,1H3/q-1/t3-/m0/s1. The predicted octanol–water partition coefficient (Wildman–Crippen LogP) is -1.37. The van der Waals surface area contributed by atoms with Gasteiger partial charge in [0.2, 0.25) is 0 Å². The SMILES string of the molecule is C[C@@H](N)OC[O-]. The van der Waals surface area contributed by atoms with Crippen LogP contribution in [-0.4, -0.2) is 13.0 Å². The van der Waals surface area contributed by atoms with Gasteiger partial charge in [-0.1, -0.05) is 0 Å². The van der Waals surface area contributed by atoms with E-state index in [9.17, 15) is 5.11 Å². The van der Waals surface area contributed by atoms with Crippen molar-refractivity contribution in [1.82, 2.24) is 0 Å². The summed E-state index contributed by atoms with van der Waals surface area (Å²) >= 11 is 0. The molecule has 0 saturated carbocycles. The zero-order valence-corrected chi connectivity index (χ0v) is 3.68. The monoisotopic (exact) mass is 90.1 g/mol. The molecule has 0 bridgehead atoms. The van der Waals surface area contributed by atoms with Crippen LogP contribution >= 0.6 is 0 Å². The van der Waals surface area contributed by atoms with Crippen LogP contribution in [0.3, 0.4) is 0 Å². The van der Waals surface area contributed by atoms with Crippen LogP contribution in [0.25, 0.3) is 0 Å². The van der Waals surface area contributed by atoms with Gasteiger partial charge >= 0.3 is 0 Å². The summed E-state index contributed by atoms with van der Waals surface area (Å²) in [6.07, 6.45) is -0.414. The molecule has 0 aliphatic carbocycles. The van der Waals surface area contributed by atoms with E-state index < -0.39 is 13.0 Å². The quantitative estimate of drug-likeness (QED) is 0.425. The van der Waals surface area contributed by atoms with Gasteiger partial charge in [-0.15, -0.1) is 0 Å². The highest BCUT2D eigenvalue weighted by molar-refractivity contribution is 4.24. The highest BCUT2D eigenvalue weighted by Gasteiger charge is 1.80. The fourth-order valence-electron chi connectivity index (χ4n) is 0.107. The number of ether oxygens (including phenoxy) is 1. The predicted molar refractivity (Wildman–Crippen MR) is 19.6 cm³/mol. The molecule has 0 spiro atoms. The number of hydrogen-bond donors (Lipinski definition) is 1. The first-order valence-corrected chi connectivity index (χ1v) is 1.72. The highest BCUT2D eigenvalue weighted by Crippen LogP contribution is 1.70. The van der Waals surface area contributed by atoms with E-state index in [4.69, 9.17) is 5.73 Å². The number of hydrogen-bond acceptors (Lipinski definition) is 3. The molecule has 0 rings (SSSR count). The molecule has 0 aromatic carbocycles. The molecule has 0 fully saturated rings. The van der Waals surface area contributed by atoms with Crippen molar-refractivity contribution in [3.8, 4) is 0 Å². The van der Waals surface area contributed by atoms with Gasteiger partial charge in [0.15, 0.2) is 0 Å². The third-order valence-corrected chi connectivity index (χ3v) is 0.331. The van der Waals surface area contributed by atoms with Gasteiger partial charge in [0, 0.05) is 0 Å². The van der Waals surface area contributed by atoms with Crippen LogP contribution < -0.4 is 10.8 Å². The normalized spacial score (nSPS) is 14.5. The molecule has 0 aliphatic rings. The summed E-state index contributed by atoms with van der Waals surface area (Å²) in [5, 5.41) is 9.44. The first-order chi connectivity index (χ1) is 2.77. The minimum atomic E-state index is -0.544. The summed E-state index contributed by atoms with van der Waals surface area (Å²) in [5.41, 5.74) is 4.98. The zero-order valence-electron chi connectivity index (χ0n) is 3.68. The van der Waals surface area contributed by atoms with Gasteiger partial charge in [-0.05, 0) is 13.7 Å². The molecule has 0 radical (unpaired) electrons. The summed E-state index contributed by atoms with van der Waals surface area (Å²) < 4.78 is 4.26. The van der Waals surface area contributed by atoms with Crippen LogP contribution in [0.5, 0.6) is 0 Å². The Kier molecular flexibility index (Phi) is 3.02. The lowest BCUT2D eigenvalue weighted by Crippen LogP contribution is -2.24. The first kappa shape index (κ1) is 5.88. The van der Waals surface area contributed by atoms with Gasteiger partial charge in [-0.3, -0.25) is 0 Å². The molecule has 3 nitrogen and oxygen atoms in total. The minimum Gasteiger partial charge on any atom is -0.834 e. The highest BCUT2D eigenvalue weighted by atomic mass is 16.6. The second-order valence-electron chi connectivity index (χ2n) is 0.990. The summed E-state index contributed by atoms with van der Waals surface area (Å²) in [4.78, 5) is 0. The van der Waals surface area contributed by atoms with E-state index in [0.717, 1.165) is 0 Å². The largest absolute Gasteiger partial charge is 0.834 e. The number of nitrogens with two attached hydrogens (primary N) is 1. The summed E-state index contributed by atoms with van der Waals surface area (Å²) in [6, 6.07) is 0. The van der Waals surface area contributed by atoms with Gasteiger partial charge in [-0.25, -0.2) is 0 Å². The van der Waals surface area contributed by atoms with Crippen molar-refractivity contribution in [1.29, 1.82) is 0 Å². The molecule has 6 heavy (non-hydrogen) atoms.